The predicted octanol–water partition coefficient (Wildman–Crippen LogP) is 0.426. The van der Waals surface area contributed by atoms with Crippen molar-refractivity contribution in [2.75, 3.05) is 6.79 Å². The molecule has 2 aliphatic rings. The number of hydrogen-bond donors (Lipinski definition) is 0. The lowest BCUT2D eigenvalue weighted by Gasteiger charge is -2.29. The summed E-state index contributed by atoms with van der Waals surface area (Å²) in [6.07, 6.45) is -0.795. The average molecular weight is 202 g/mol. The lowest BCUT2D eigenvalue weighted by atomic mass is 10.1. The molecule has 0 N–H and O–H groups in total. The second-order valence-corrected chi connectivity index (χ2v) is 3.56. The van der Waals surface area contributed by atoms with Gasteiger partial charge in [0.2, 0.25) is 0 Å². The Kier molecular flexibility index (Phi) is 2.71. The van der Waals surface area contributed by atoms with E-state index < -0.39 is 0 Å². The van der Waals surface area contributed by atoms with Gasteiger partial charge in [-0.2, -0.15) is 0 Å². The van der Waals surface area contributed by atoms with Crippen molar-refractivity contribution in [3.63, 3.8) is 0 Å². The van der Waals surface area contributed by atoms with E-state index in [0.29, 0.717) is 0 Å². The number of hydrogen-bond acceptors (Lipinski definition) is 5. The fraction of sp³-hybridized carbons (Fsp3) is 0.889. The van der Waals surface area contributed by atoms with Gasteiger partial charge >= 0.3 is 5.97 Å². The van der Waals surface area contributed by atoms with E-state index in [-0.39, 0.29) is 43.8 Å². The Hall–Kier alpha value is -0.650. The molecule has 80 valence electrons. The molecule has 2 heterocycles. The van der Waals surface area contributed by atoms with Crippen molar-refractivity contribution in [1.82, 2.24) is 0 Å². The van der Waals surface area contributed by atoms with E-state index >= 15 is 0 Å². The van der Waals surface area contributed by atoms with Gasteiger partial charge in [-0.15, -0.1) is 0 Å². The number of esters is 1. The van der Waals surface area contributed by atoms with Crippen molar-refractivity contribution in [2.24, 2.45) is 0 Å². The fourth-order valence-electron chi connectivity index (χ4n) is 1.70. The minimum Gasteiger partial charge on any atom is -0.457 e. The number of carbonyl (C=O) groups excluding carboxylic acids is 1. The van der Waals surface area contributed by atoms with Crippen LogP contribution in [0.2, 0.25) is 0 Å². The largest absolute Gasteiger partial charge is 0.457 e. The van der Waals surface area contributed by atoms with Crippen LogP contribution in [0, 0.1) is 0 Å². The van der Waals surface area contributed by atoms with E-state index in [1.54, 1.807) is 6.92 Å². The van der Waals surface area contributed by atoms with Gasteiger partial charge in [0.15, 0.2) is 12.4 Å². The second kappa shape index (κ2) is 3.84. The van der Waals surface area contributed by atoms with Crippen LogP contribution in [0.1, 0.15) is 20.3 Å². The van der Waals surface area contributed by atoms with Crippen molar-refractivity contribution >= 4 is 5.97 Å². The van der Waals surface area contributed by atoms with E-state index in [2.05, 4.69) is 0 Å². The van der Waals surface area contributed by atoms with E-state index in [4.69, 9.17) is 18.9 Å². The Labute approximate surface area is 82.3 Å². The molecule has 0 amide bonds. The van der Waals surface area contributed by atoms with Crippen molar-refractivity contribution in [3.8, 4) is 0 Å². The minimum atomic E-state index is -0.357. The summed E-state index contributed by atoms with van der Waals surface area (Å²) in [6, 6.07) is 0. The van der Waals surface area contributed by atoms with E-state index in [9.17, 15) is 4.79 Å². The van der Waals surface area contributed by atoms with Crippen LogP contribution in [-0.2, 0) is 23.7 Å². The van der Waals surface area contributed by atoms with Crippen LogP contribution in [-0.4, -0.2) is 37.4 Å². The van der Waals surface area contributed by atoms with Gasteiger partial charge in [-0.3, -0.25) is 4.79 Å². The zero-order valence-electron chi connectivity index (χ0n) is 8.26. The SMILES string of the molecule is CC1OCOC(C)C2OC(=O)CC2O1. The third kappa shape index (κ3) is 1.89. The van der Waals surface area contributed by atoms with Crippen molar-refractivity contribution in [2.45, 2.75) is 44.9 Å². The van der Waals surface area contributed by atoms with Crippen LogP contribution in [0.15, 0.2) is 0 Å². The Bertz CT molecular complexity index is 229. The molecule has 0 aromatic rings. The third-order valence-electron chi connectivity index (χ3n) is 2.46. The van der Waals surface area contributed by atoms with Crippen LogP contribution in [0.5, 0.6) is 0 Å². The minimum absolute atomic E-state index is 0.170. The number of carbonyl (C=O) groups is 1. The first-order valence-corrected chi connectivity index (χ1v) is 4.75. The Morgan fingerprint density at radius 3 is 2.86 bits per heavy atom. The Balaban J connectivity index is 2.07. The van der Waals surface area contributed by atoms with Crippen LogP contribution < -0.4 is 0 Å². The molecular weight excluding hydrogens is 188 g/mol. The summed E-state index contributed by atoms with van der Waals surface area (Å²) < 4.78 is 21.1. The van der Waals surface area contributed by atoms with Crippen LogP contribution >= 0.6 is 0 Å². The first kappa shape index (κ1) is 9.89. The van der Waals surface area contributed by atoms with Crippen LogP contribution in [0.25, 0.3) is 0 Å². The molecule has 5 nitrogen and oxygen atoms in total. The summed E-state index contributed by atoms with van der Waals surface area (Å²) in [7, 11) is 0. The highest BCUT2D eigenvalue weighted by atomic mass is 16.8. The Morgan fingerprint density at radius 2 is 2.07 bits per heavy atom. The summed E-state index contributed by atoms with van der Waals surface area (Å²) in [6.45, 7) is 3.79. The second-order valence-electron chi connectivity index (χ2n) is 3.56. The van der Waals surface area contributed by atoms with Crippen molar-refractivity contribution in [1.29, 1.82) is 0 Å². The van der Waals surface area contributed by atoms with Crippen LogP contribution in [0.4, 0.5) is 0 Å². The molecule has 2 aliphatic heterocycles. The van der Waals surface area contributed by atoms with Crippen molar-refractivity contribution < 1.29 is 23.7 Å². The van der Waals surface area contributed by atoms with Gasteiger partial charge in [0, 0.05) is 0 Å². The average Bonchev–Trinajstić information content (AvgIpc) is 2.44. The van der Waals surface area contributed by atoms with Crippen molar-refractivity contribution in [3.05, 3.63) is 0 Å². The van der Waals surface area contributed by atoms with E-state index in [0.717, 1.165) is 0 Å². The molecule has 0 saturated carbocycles. The molecule has 0 aromatic carbocycles. The number of fused-ring (bicyclic) bond motifs is 1. The zero-order chi connectivity index (χ0) is 10.1. The van der Waals surface area contributed by atoms with Gasteiger partial charge in [0.25, 0.3) is 0 Å². The lowest BCUT2D eigenvalue weighted by Crippen LogP contribution is -2.41. The molecular formula is C9H14O5. The maximum Gasteiger partial charge on any atom is 0.309 e. The van der Waals surface area contributed by atoms with E-state index in [1.165, 1.54) is 0 Å². The summed E-state index contributed by atoms with van der Waals surface area (Å²) in [4.78, 5) is 11.1. The highest BCUT2D eigenvalue weighted by Crippen LogP contribution is 2.25. The molecule has 2 fully saturated rings. The molecule has 0 bridgehead atoms. The van der Waals surface area contributed by atoms with Gasteiger partial charge in [-0.05, 0) is 13.8 Å². The van der Waals surface area contributed by atoms with Gasteiger partial charge in [0.1, 0.15) is 12.9 Å². The molecule has 0 radical (unpaired) electrons. The number of ether oxygens (including phenoxy) is 4. The zero-order valence-corrected chi connectivity index (χ0v) is 8.26. The quantitative estimate of drug-likeness (QED) is 0.533. The molecule has 4 atom stereocenters. The highest BCUT2D eigenvalue weighted by Gasteiger charge is 2.41. The monoisotopic (exact) mass is 202 g/mol. The standard InChI is InChI=1S/C9H14O5/c1-5-9-7(3-8(10)14-9)13-6(2)12-4-11-5/h5-7,9H,3-4H2,1-2H3. The molecule has 4 unspecified atom stereocenters. The summed E-state index contributed by atoms with van der Waals surface area (Å²) >= 11 is 0. The topological polar surface area (TPSA) is 54.0 Å². The maximum absolute atomic E-state index is 11.1. The molecule has 5 heteroatoms. The van der Waals surface area contributed by atoms with Gasteiger partial charge in [0.05, 0.1) is 12.5 Å². The first-order valence-electron chi connectivity index (χ1n) is 4.75. The molecule has 0 aliphatic carbocycles. The maximum atomic E-state index is 11.1. The first-order chi connectivity index (χ1) is 6.66. The van der Waals surface area contributed by atoms with E-state index in [1.807, 2.05) is 6.92 Å². The third-order valence-corrected chi connectivity index (χ3v) is 2.46. The van der Waals surface area contributed by atoms with Gasteiger partial charge in [-0.1, -0.05) is 0 Å². The fourth-order valence-corrected chi connectivity index (χ4v) is 1.70. The lowest BCUT2D eigenvalue weighted by molar-refractivity contribution is -0.258. The van der Waals surface area contributed by atoms with Crippen LogP contribution in [0.3, 0.4) is 0 Å². The molecule has 0 aromatic heterocycles. The summed E-state index contributed by atoms with van der Waals surface area (Å²) in [5.41, 5.74) is 0. The molecule has 0 spiro atoms. The number of rotatable bonds is 0. The predicted molar refractivity (Wildman–Crippen MR) is 45.3 cm³/mol. The van der Waals surface area contributed by atoms with Gasteiger partial charge < -0.3 is 18.9 Å². The summed E-state index contributed by atoms with van der Waals surface area (Å²) in [5.74, 6) is -0.232. The molecule has 2 rings (SSSR count). The smallest absolute Gasteiger partial charge is 0.309 e. The normalized spacial score (nSPS) is 43.7. The molecule has 14 heavy (non-hydrogen) atoms. The summed E-state index contributed by atoms with van der Waals surface area (Å²) in [5, 5.41) is 0. The Morgan fingerprint density at radius 1 is 1.29 bits per heavy atom. The highest BCUT2D eigenvalue weighted by molar-refractivity contribution is 5.72. The van der Waals surface area contributed by atoms with Gasteiger partial charge in [-0.25, -0.2) is 0 Å². The molecule has 2 saturated heterocycles.